The van der Waals surface area contributed by atoms with E-state index < -0.39 is 17.9 Å². The van der Waals surface area contributed by atoms with Gasteiger partial charge in [0.15, 0.2) is 0 Å². The molecule has 2 aliphatic rings. The summed E-state index contributed by atoms with van der Waals surface area (Å²) in [4.78, 5) is 25.3. The van der Waals surface area contributed by atoms with Gasteiger partial charge in [0.2, 0.25) is 0 Å². The van der Waals surface area contributed by atoms with Gasteiger partial charge in [0.25, 0.3) is 0 Å². The fourth-order valence-electron chi connectivity index (χ4n) is 3.95. The van der Waals surface area contributed by atoms with Gasteiger partial charge >= 0.3 is 6.09 Å². The molecule has 2 aromatic carbocycles. The molecule has 4 rings (SSSR count). The Kier molecular flexibility index (Phi) is 4.04. The number of nitrogens with zero attached hydrogens (tertiary/aromatic N) is 1. The van der Waals surface area contributed by atoms with Gasteiger partial charge in [-0.05, 0) is 36.1 Å². The summed E-state index contributed by atoms with van der Waals surface area (Å²) in [5.74, 6) is -0.00679. The highest BCUT2D eigenvalue weighted by molar-refractivity contribution is 5.79. The van der Waals surface area contributed by atoms with Crippen LogP contribution in [0.5, 0.6) is 0 Å². The molecule has 0 bridgehead atoms. The molecule has 1 fully saturated rings. The number of aldehydes is 1. The Labute approximate surface area is 152 Å². The highest BCUT2D eigenvalue weighted by Gasteiger charge is 2.45. The predicted molar refractivity (Wildman–Crippen MR) is 96.8 cm³/mol. The number of carbonyl (C=O) groups is 2. The summed E-state index contributed by atoms with van der Waals surface area (Å²) < 4.78 is 11.2. The van der Waals surface area contributed by atoms with Gasteiger partial charge in [-0.2, -0.15) is 0 Å². The second-order valence-electron chi connectivity index (χ2n) is 7.14. The van der Waals surface area contributed by atoms with Crippen LogP contribution in [0.3, 0.4) is 0 Å². The van der Waals surface area contributed by atoms with Crippen molar-refractivity contribution < 1.29 is 19.1 Å². The van der Waals surface area contributed by atoms with E-state index in [0.717, 1.165) is 17.4 Å². The molecule has 1 atom stereocenters. The van der Waals surface area contributed by atoms with Crippen LogP contribution >= 0.6 is 0 Å². The maximum Gasteiger partial charge on any atom is 0.412 e. The van der Waals surface area contributed by atoms with Crippen LogP contribution in [0, 0.1) is 0 Å². The Morgan fingerprint density at radius 2 is 1.73 bits per heavy atom. The van der Waals surface area contributed by atoms with Gasteiger partial charge in [-0.15, -0.1) is 0 Å². The number of carbonyl (C=O) groups excluding carboxylic acids is 2. The van der Waals surface area contributed by atoms with E-state index >= 15 is 0 Å². The Bertz CT molecular complexity index is 815. The van der Waals surface area contributed by atoms with Gasteiger partial charge in [-0.3, -0.25) is 4.90 Å². The summed E-state index contributed by atoms with van der Waals surface area (Å²) in [6, 6.07) is 15.8. The van der Waals surface area contributed by atoms with Crippen LogP contribution in [0.25, 0.3) is 11.1 Å². The van der Waals surface area contributed by atoms with E-state index in [1.165, 1.54) is 16.0 Å². The van der Waals surface area contributed by atoms with Crippen molar-refractivity contribution in [2.45, 2.75) is 31.5 Å². The molecule has 0 spiro atoms. The van der Waals surface area contributed by atoms with Crippen LogP contribution in [0.2, 0.25) is 0 Å². The maximum absolute atomic E-state index is 12.7. The van der Waals surface area contributed by atoms with Crippen molar-refractivity contribution in [1.29, 1.82) is 0 Å². The van der Waals surface area contributed by atoms with Crippen molar-refractivity contribution in [3.8, 4) is 11.1 Å². The largest absolute Gasteiger partial charge is 0.448 e. The number of benzene rings is 2. The number of hydrogen-bond acceptors (Lipinski definition) is 4. The SMILES string of the molecule is CC1(C)OC[C@@H](C=O)N1C(=O)OCC1c2ccccc2-c2ccccc21. The standard InChI is InChI=1S/C21H21NO4/c1-21(2)22(14(11-23)12-26-21)20(24)25-13-19-17-9-5-3-7-15(17)16-8-4-6-10-18(16)19/h3-11,14,19H,12-13H2,1-2H3/t14-/m1/s1. The lowest BCUT2D eigenvalue weighted by Crippen LogP contribution is -2.48. The van der Waals surface area contributed by atoms with Crippen LogP contribution in [0.4, 0.5) is 4.79 Å². The summed E-state index contributed by atoms with van der Waals surface area (Å²) in [5.41, 5.74) is 3.82. The van der Waals surface area contributed by atoms with E-state index in [-0.39, 0.29) is 19.1 Å². The number of hydrogen-bond donors (Lipinski definition) is 0. The molecule has 1 aliphatic heterocycles. The molecule has 0 aromatic heterocycles. The minimum Gasteiger partial charge on any atom is -0.448 e. The lowest BCUT2D eigenvalue weighted by Gasteiger charge is -2.31. The summed E-state index contributed by atoms with van der Waals surface area (Å²) in [5, 5.41) is 0. The van der Waals surface area contributed by atoms with Crippen molar-refractivity contribution in [2.75, 3.05) is 13.2 Å². The van der Waals surface area contributed by atoms with Crippen molar-refractivity contribution in [3.63, 3.8) is 0 Å². The van der Waals surface area contributed by atoms with E-state index in [9.17, 15) is 9.59 Å². The zero-order chi connectivity index (χ0) is 18.3. The molecule has 5 heteroatoms. The monoisotopic (exact) mass is 351 g/mol. The predicted octanol–water partition coefficient (Wildman–Crippen LogP) is 3.57. The molecule has 134 valence electrons. The van der Waals surface area contributed by atoms with E-state index in [0.29, 0.717) is 0 Å². The summed E-state index contributed by atoms with van der Waals surface area (Å²) >= 11 is 0. The summed E-state index contributed by atoms with van der Waals surface area (Å²) in [6.45, 7) is 3.95. The fourth-order valence-corrected chi connectivity index (χ4v) is 3.95. The Morgan fingerprint density at radius 1 is 1.15 bits per heavy atom. The highest BCUT2D eigenvalue weighted by atomic mass is 16.6. The molecular formula is C21H21NO4. The second-order valence-corrected chi connectivity index (χ2v) is 7.14. The van der Waals surface area contributed by atoms with Crippen molar-refractivity contribution in [2.24, 2.45) is 0 Å². The van der Waals surface area contributed by atoms with Gasteiger partial charge in [0, 0.05) is 5.92 Å². The minimum absolute atomic E-state index is 0.00679. The second kappa shape index (κ2) is 6.25. The Balaban J connectivity index is 1.57. The van der Waals surface area contributed by atoms with Crippen molar-refractivity contribution in [1.82, 2.24) is 4.90 Å². The number of ether oxygens (including phenoxy) is 2. The van der Waals surface area contributed by atoms with Gasteiger partial charge in [0.05, 0.1) is 6.61 Å². The topological polar surface area (TPSA) is 55.8 Å². The molecular weight excluding hydrogens is 330 g/mol. The molecule has 1 amide bonds. The maximum atomic E-state index is 12.7. The van der Waals surface area contributed by atoms with Crippen molar-refractivity contribution >= 4 is 12.4 Å². The first-order chi connectivity index (χ1) is 12.5. The third-order valence-electron chi connectivity index (χ3n) is 5.21. The first kappa shape index (κ1) is 16.8. The van der Waals surface area contributed by atoms with Crippen LogP contribution in [-0.2, 0) is 14.3 Å². The van der Waals surface area contributed by atoms with Crippen LogP contribution in [-0.4, -0.2) is 42.3 Å². The number of amides is 1. The van der Waals surface area contributed by atoms with Gasteiger partial charge in [-0.25, -0.2) is 4.79 Å². The zero-order valence-electron chi connectivity index (χ0n) is 14.8. The molecule has 1 aliphatic carbocycles. The quantitative estimate of drug-likeness (QED) is 0.793. The van der Waals surface area contributed by atoms with Gasteiger partial charge in [0.1, 0.15) is 24.7 Å². The lowest BCUT2D eigenvalue weighted by molar-refractivity contribution is -0.112. The first-order valence-corrected chi connectivity index (χ1v) is 8.76. The lowest BCUT2D eigenvalue weighted by atomic mass is 9.98. The summed E-state index contributed by atoms with van der Waals surface area (Å²) in [7, 11) is 0. The Morgan fingerprint density at radius 3 is 2.31 bits per heavy atom. The van der Waals surface area contributed by atoms with Crippen LogP contribution < -0.4 is 0 Å². The van der Waals surface area contributed by atoms with E-state index in [4.69, 9.17) is 9.47 Å². The molecule has 26 heavy (non-hydrogen) atoms. The van der Waals surface area contributed by atoms with Crippen LogP contribution in [0.15, 0.2) is 48.5 Å². The van der Waals surface area contributed by atoms with E-state index in [1.807, 2.05) is 24.3 Å². The van der Waals surface area contributed by atoms with E-state index in [2.05, 4.69) is 24.3 Å². The number of rotatable bonds is 3. The average molecular weight is 351 g/mol. The van der Waals surface area contributed by atoms with Crippen LogP contribution in [0.1, 0.15) is 30.9 Å². The molecule has 0 N–H and O–H groups in total. The third-order valence-corrected chi connectivity index (χ3v) is 5.21. The minimum atomic E-state index is -0.853. The molecule has 2 aromatic rings. The normalized spacial score (nSPS) is 20.5. The zero-order valence-corrected chi connectivity index (χ0v) is 14.8. The fraction of sp³-hybridized carbons (Fsp3) is 0.333. The summed E-state index contributed by atoms with van der Waals surface area (Å²) in [6.07, 6.45) is 0.211. The molecule has 0 saturated carbocycles. The van der Waals surface area contributed by atoms with Crippen molar-refractivity contribution in [3.05, 3.63) is 59.7 Å². The molecule has 1 heterocycles. The smallest absolute Gasteiger partial charge is 0.412 e. The molecule has 1 saturated heterocycles. The number of fused-ring (bicyclic) bond motifs is 3. The Hall–Kier alpha value is -2.66. The molecule has 0 radical (unpaired) electrons. The van der Waals surface area contributed by atoms with Gasteiger partial charge < -0.3 is 14.3 Å². The highest BCUT2D eigenvalue weighted by Crippen LogP contribution is 2.44. The molecule has 0 unspecified atom stereocenters. The first-order valence-electron chi connectivity index (χ1n) is 8.76. The van der Waals surface area contributed by atoms with E-state index in [1.54, 1.807) is 13.8 Å². The molecule has 5 nitrogen and oxygen atoms in total. The average Bonchev–Trinajstić information content (AvgIpc) is 3.13. The third kappa shape index (κ3) is 2.59. The van der Waals surface area contributed by atoms with Gasteiger partial charge in [-0.1, -0.05) is 48.5 Å².